The summed E-state index contributed by atoms with van der Waals surface area (Å²) in [6, 6.07) is 7.06. The van der Waals surface area contributed by atoms with Gasteiger partial charge in [-0.1, -0.05) is 31.2 Å². The van der Waals surface area contributed by atoms with Crippen molar-refractivity contribution >= 4 is 18.0 Å². The van der Waals surface area contributed by atoms with Crippen LogP contribution in [0.3, 0.4) is 0 Å². The predicted molar refractivity (Wildman–Crippen MR) is 81.7 cm³/mol. The Labute approximate surface area is 125 Å². The molecule has 1 fully saturated rings. The first-order valence-electron chi connectivity index (χ1n) is 7.28. The molecule has 1 saturated heterocycles. The van der Waals surface area contributed by atoms with Crippen molar-refractivity contribution in [1.82, 2.24) is 4.90 Å². The Morgan fingerprint density at radius 1 is 1.33 bits per heavy atom. The quantitative estimate of drug-likeness (QED) is 0.870. The molecule has 0 aliphatic carbocycles. The maximum absolute atomic E-state index is 12.3. The van der Waals surface area contributed by atoms with Crippen LogP contribution in [0.5, 0.6) is 0 Å². The normalized spacial score (nSPS) is 22.5. The van der Waals surface area contributed by atoms with Gasteiger partial charge >= 0.3 is 5.97 Å². The lowest BCUT2D eigenvalue weighted by molar-refractivity contribution is -0.152. The number of aliphatic carboxylic acids is 1. The third-order valence-electron chi connectivity index (χ3n) is 4.06. The van der Waals surface area contributed by atoms with Crippen LogP contribution < -0.4 is 0 Å². The third-order valence-corrected chi connectivity index (χ3v) is 4.06. The highest BCUT2D eigenvalue weighted by molar-refractivity contribution is 5.94. The monoisotopic (exact) mass is 287 g/mol. The van der Waals surface area contributed by atoms with E-state index < -0.39 is 12.0 Å². The van der Waals surface area contributed by atoms with E-state index >= 15 is 0 Å². The van der Waals surface area contributed by atoms with E-state index in [4.69, 9.17) is 0 Å². The van der Waals surface area contributed by atoms with Crippen molar-refractivity contribution < 1.29 is 14.7 Å². The molecule has 1 N–H and O–H groups in total. The van der Waals surface area contributed by atoms with Crippen molar-refractivity contribution in [2.24, 2.45) is 5.92 Å². The number of carbonyl (C=O) groups excluding carboxylic acids is 1. The molecule has 112 valence electrons. The van der Waals surface area contributed by atoms with Crippen molar-refractivity contribution in [1.29, 1.82) is 0 Å². The summed E-state index contributed by atoms with van der Waals surface area (Å²) in [7, 11) is 0. The number of likely N-dealkylation sites (tertiary alicyclic amines) is 1. The average molecular weight is 287 g/mol. The summed E-state index contributed by atoms with van der Waals surface area (Å²) in [5.74, 6) is -1.15. The maximum atomic E-state index is 12.3. The first-order chi connectivity index (χ1) is 10.0. The Morgan fingerprint density at radius 2 is 2.05 bits per heavy atom. The minimum Gasteiger partial charge on any atom is -0.480 e. The van der Waals surface area contributed by atoms with Crippen molar-refractivity contribution in [2.75, 3.05) is 6.54 Å². The van der Waals surface area contributed by atoms with Gasteiger partial charge in [0, 0.05) is 12.6 Å². The van der Waals surface area contributed by atoms with Crippen LogP contribution in [0.4, 0.5) is 0 Å². The lowest BCUT2D eigenvalue weighted by atomic mass is 9.90. The molecule has 2 unspecified atom stereocenters. The van der Waals surface area contributed by atoms with Gasteiger partial charge in [-0.05, 0) is 42.9 Å². The Hall–Kier alpha value is -2.10. The van der Waals surface area contributed by atoms with Crippen LogP contribution in [-0.2, 0) is 9.59 Å². The summed E-state index contributed by atoms with van der Waals surface area (Å²) < 4.78 is 0. The molecular formula is C17H21NO3. The van der Waals surface area contributed by atoms with Crippen molar-refractivity contribution in [3.63, 3.8) is 0 Å². The van der Waals surface area contributed by atoms with Gasteiger partial charge in [-0.15, -0.1) is 0 Å². The van der Waals surface area contributed by atoms with Gasteiger partial charge in [0.2, 0.25) is 5.91 Å². The Balaban J connectivity index is 2.15. The zero-order valence-corrected chi connectivity index (χ0v) is 12.5. The molecule has 1 heterocycles. The second-order valence-electron chi connectivity index (χ2n) is 5.62. The molecule has 1 aromatic carbocycles. The average Bonchev–Trinajstić information content (AvgIpc) is 2.45. The van der Waals surface area contributed by atoms with Crippen LogP contribution in [-0.4, -0.2) is 34.5 Å². The molecular weight excluding hydrogens is 266 g/mol. The molecule has 0 spiro atoms. The van der Waals surface area contributed by atoms with E-state index in [0.29, 0.717) is 6.54 Å². The maximum Gasteiger partial charge on any atom is 0.326 e. The summed E-state index contributed by atoms with van der Waals surface area (Å²) in [5, 5.41) is 9.34. The molecule has 0 radical (unpaired) electrons. The Kier molecular flexibility index (Phi) is 4.78. The first kappa shape index (κ1) is 15.3. The summed E-state index contributed by atoms with van der Waals surface area (Å²) in [6.45, 7) is 4.38. The van der Waals surface area contributed by atoms with E-state index in [-0.39, 0.29) is 11.8 Å². The molecule has 1 aliphatic rings. The number of aryl methyl sites for hydroxylation is 1. The number of benzene rings is 1. The molecule has 2 atom stereocenters. The van der Waals surface area contributed by atoms with E-state index in [2.05, 4.69) is 0 Å². The number of piperidine rings is 1. The lowest BCUT2D eigenvalue weighted by Gasteiger charge is -2.36. The minimum atomic E-state index is -0.917. The fourth-order valence-corrected chi connectivity index (χ4v) is 2.84. The topological polar surface area (TPSA) is 57.6 Å². The van der Waals surface area contributed by atoms with Crippen LogP contribution >= 0.6 is 0 Å². The summed E-state index contributed by atoms with van der Waals surface area (Å²) >= 11 is 0. The highest BCUT2D eigenvalue weighted by atomic mass is 16.4. The van der Waals surface area contributed by atoms with E-state index in [1.54, 1.807) is 6.08 Å². The second-order valence-corrected chi connectivity index (χ2v) is 5.62. The van der Waals surface area contributed by atoms with Crippen molar-refractivity contribution in [2.45, 2.75) is 32.7 Å². The van der Waals surface area contributed by atoms with E-state index in [1.165, 1.54) is 11.0 Å². The van der Waals surface area contributed by atoms with E-state index in [1.807, 2.05) is 38.1 Å². The molecule has 21 heavy (non-hydrogen) atoms. The van der Waals surface area contributed by atoms with Crippen LogP contribution in [0.25, 0.3) is 6.08 Å². The number of amides is 1. The van der Waals surface area contributed by atoms with Gasteiger partial charge < -0.3 is 10.0 Å². The number of nitrogens with zero attached hydrogens (tertiary/aromatic N) is 1. The number of carboxylic acid groups (broad SMARTS) is 1. The predicted octanol–water partition coefficient (Wildman–Crippen LogP) is 2.72. The SMILES string of the molecule is Cc1ccccc1/C=C/C(=O)N1CCCC(C)C1C(=O)O. The Bertz CT molecular complexity index is 565. The molecule has 2 rings (SSSR count). The molecule has 1 aliphatic heterocycles. The molecule has 0 bridgehead atoms. The molecule has 4 heteroatoms. The molecule has 4 nitrogen and oxygen atoms in total. The van der Waals surface area contributed by atoms with Gasteiger partial charge in [-0.2, -0.15) is 0 Å². The van der Waals surface area contributed by atoms with Gasteiger partial charge in [-0.25, -0.2) is 4.79 Å². The number of hydrogen-bond donors (Lipinski definition) is 1. The second kappa shape index (κ2) is 6.57. The smallest absolute Gasteiger partial charge is 0.326 e. The summed E-state index contributed by atoms with van der Waals surface area (Å²) in [5.41, 5.74) is 2.06. The number of carboxylic acids is 1. The summed E-state index contributed by atoms with van der Waals surface area (Å²) in [6.07, 6.45) is 4.95. The molecule has 1 aromatic rings. The first-order valence-corrected chi connectivity index (χ1v) is 7.28. The van der Waals surface area contributed by atoms with Gasteiger partial charge in [0.25, 0.3) is 0 Å². The fourth-order valence-electron chi connectivity index (χ4n) is 2.84. The van der Waals surface area contributed by atoms with Crippen LogP contribution in [0, 0.1) is 12.8 Å². The number of carbonyl (C=O) groups is 2. The standard InChI is InChI=1S/C17H21NO3/c1-12-6-3-4-8-14(12)9-10-15(19)18-11-5-7-13(2)16(18)17(20)21/h3-4,6,8-10,13,16H,5,7,11H2,1-2H3,(H,20,21)/b10-9+. The van der Waals surface area contributed by atoms with Crippen LogP contribution in [0.1, 0.15) is 30.9 Å². The third kappa shape index (κ3) is 3.51. The number of hydrogen-bond acceptors (Lipinski definition) is 2. The largest absolute Gasteiger partial charge is 0.480 e. The van der Waals surface area contributed by atoms with Gasteiger partial charge in [-0.3, -0.25) is 4.79 Å². The van der Waals surface area contributed by atoms with E-state index in [9.17, 15) is 14.7 Å². The zero-order chi connectivity index (χ0) is 15.4. The lowest BCUT2D eigenvalue weighted by Crippen LogP contribution is -2.51. The highest BCUT2D eigenvalue weighted by Crippen LogP contribution is 2.24. The Morgan fingerprint density at radius 3 is 2.71 bits per heavy atom. The van der Waals surface area contributed by atoms with Gasteiger partial charge in [0.05, 0.1) is 0 Å². The van der Waals surface area contributed by atoms with Gasteiger partial charge in [0.15, 0.2) is 0 Å². The zero-order valence-electron chi connectivity index (χ0n) is 12.5. The van der Waals surface area contributed by atoms with Gasteiger partial charge in [0.1, 0.15) is 6.04 Å². The molecule has 0 saturated carbocycles. The van der Waals surface area contributed by atoms with Crippen molar-refractivity contribution in [3.05, 3.63) is 41.5 Å². The van der Waals surface area contributed by atoms with Crippen LogP contribution in [0.15, 0.2) is 30.3 Å². The van der Waals surface area contributed by atoms with Crippen LogP contribution in [0.2, 0.25) is 0 Å². The highest BCUT2D eigenvalue weighted by Gasteiger charge is 2.36. The number of rotatable bonds is 3. The van der Waals surface area contributed by atoms with Crippen molar-refractivity contribution in [3.8, 4) is 0 Å². The molecule has 1 amide bonds. The fraction of sp³-hybridized carbons (Fsp3) is 0.412. The minimum absolute atomic E-state index is 0.00735. The summed E-state index contributed by atoms with van der Waals surface area (Å²) in [4.78, 5) is 25.2. The van der Waals surface area contributed by atoms with E-state index in [0.717, 1.165) is 24.0 Å². The molecule has 0 aromatic heterocycles.